The van der Waals surface area contributed by atoms with Gasteiger partial charge >= 0.3 is 17.9 Å². The van der Waals surface area contributed by atoms with Crippen LogP contribution in [-0.2, 0) is 38.1 Å². The maximum absolute atomic E-state index is 11.6. The summed E-state index contributed by atoms with van der Waals surface area (Å²) in [6, 6.07) is -0.637. The lowest BCUT2D eigenvalue weighted by molar-refractivity contribution is -0.173. The van der Waals surface area contributed by atoms with Crippen LogP contribution < -0.4 is 5.32 Å². The van der Waals surface area contributed by atoms with Crippen molar-refractivity contribution in [3.05, 3.63) is 0 Å². The van der Waals surface area contributed by atoms with Crippen LogP contribution in [0.1, 0.15) is 34.6 Å². The Morgan fingerprint density at radius 1 is 1.08 bits per heavy atom. The molecule has 5 atom stereocenters. The minimum atomic E-state index is -0.987. The van der Waals surface area contributed by atoms with Crippen molar-refractivity contribution in [2.45, 2.75) is 64.4 Å². The smallest absolute Gasteiger partial charge is 0.303 e. The van der Waals surface area contributed by atoms with E-state index in [4.69, 9.17) is 18.9 Å². The first-order valence-corrected chi connectivity index (χ1v) is 9.22. The van der Waals surface area contributed by atoms with Gasteiger partial charge in [0.1, 0.15) is 24.2 Å². The standard InChI is InChI=1S/C16H25NO8S/c1-6-26-16-13(17-8(2)18)15(24-11(5)21)14(25-16)12(23-10(4)20)7-22-9(3)19/h12-16H,6-7H2,1-5H3,(H,17,18)/t12-,13+,14+,15+,16-/m1/s1. The highest BCUT2D eigenvalue weighted by Crippen LogP contribution is 2.34. The van der Waals surface area contributed by atoms with Crippen molar-refractivity contribution in [3.63, 3.8) is 0 Å². The average molecular weight is 391 g/mol. The molecule has 0 aromatic carbocycles. The molecule has 1 N–H and O–H groups in total. The van der Waals surface area contributed by atoms with E-state index in [9.17, 15) is 19.2 Å². The Bertz CT molecular complexity index is 540. The second-order valence-electron chi connectivity index (χ2n) is 5.68. The zero-order valence-corrected chi connectivity index (χ0v) is 16.3. The van der Waals surface area contributed by atoms with Gasteiger partial charge in [-0.15, -0.1) is 11.8 Å². The number of ether oxygens (including phenoxy) is 4. The normalized spacial score (nSPS) is 25.9. The van der Waals surface area contributed by atoms with Gasteiger partial charge in [0.25, 0.3) is 0 Å². The molecule has 26 heavy (non-hydrogen) atoms. The third-order valence-electron chi connectivity index (χ3n) is 3.40. The topological polar surface area (TPSA) is 117 Å². The predicted molar refractivity (Wildman–Crippen MR) is 92.1 cm³/mol. The quantitative estimate of drug-likeness (QED) is 0.463. The number of hydrogen-bond acceptors (Lipinski definition) is 9. The lowest BCUT2D eigenvalue weighted by Gasteiger charge is -2.28. The molecular weight excluding hydrogens is 366 g/mol. The Kier molecular flexibility index (Phi) is 8.86. The van der Waals surface area contributed by atoms with E-state index in [2.05, 4.69) is 5.32 Å². The average Bonchev–Trinajstić information content (AvgIpc) is 2.80. The summed E-state index contributed by atoms with van der Waals surface area (Å²) in [5.41, 5.74) is -0.520. The highest BCUT2D eigenvalue weighted by Gasteiger charge is 2.51. The second kappa shape index (κ2) is 10.4. The van der Waals surface area contributed by atoms with Crippen molar-refractivity contribution in [1.82, 2.24) is 5.32 Å². The molecule has 1 fully saturated rings. The second-order valence-corrected chi connectivity index (χ2v) is 7.05. The van der Waals surface area contributed by atoms with Gasteiger partial charge in [0, 0.05) is 27.7 Å². The molecule has 0 unspecified atom stereocenters. The fourth-order valence-electron chi connectivity index (χ4n) is 2.61. The Hall–Kier alpha value is -1.81. The lowest BCUT2D eigenvalue weighted by atomic mass is 10.0. The van der Waals surface area contributed by atoms with E-state index in [1.165, 1.54) is 39.5 Å². The Morgan fingerprint density at radius 2 is 1.73 bits per heavy atom. The summed E-state index contributed by atoms with van der Waals surface area (Å²) in [5.74, 6) is -1.36. The van der Waals surface area contributed by atoms with E-state index >= 15 is 0 Å². The summed E-state index contributed by atoms with van der Waals surface area (Å²) in [5, 5.41) is 2.72. The molecule has 1 saturated heterocycles. The van der Waals surface area contributed by atoms with Gasteiger partial charge in [-0.05, 0) is 5.75 Å². The molecule has 1 aliphatic rings. The first kappa shape index (κ1) is 22.2. The highest BCUT2D eigenvalue weighted by atomic mass is 32.2. The monoisotopic (exact) mass is 391 g/mol. The van der Waals surface area contributed by atoms with Gasteiger partial charge < -0.3 is 24.3 Å². The van der Waals surface area contributed by atoms with E-state index in [1.807, 2.05) is 6.92 Å². The Balaban J connectivity index is 3.13. The molecule has 0 aromatic rings. The molecule has 0 spiro atoms. The van der Waals surface area contributed by atoms with Gasteiger partial charge in [0.15, 0.2) is 12.2 Å². The fraction of sp³-hybridized carbons (Fsp3) is 0.750. The number of rotatable bonds is 8. The van der Waals surface area contributed by atoms with Crippen LogP contribution in [0.4, 0.5) is 0 Å². The lowest BCUT2D eigenvalue weighted by Crippen LogP contribution is -2.51. The van der Waals surface area contributed by atoms with Gasteiger partial charge in [-0.2, -0.15) is 0 Å². The van der Waals surface area contributed by atoms with Crippen LogP contribution in [0, 0.1) is 0 Å². The number of carbonyl (C=O) groups is 4. The van der Waals surface area contributed by atoms with Crippen molar-refractivity contribution in [2.24, 2.45) is 0 Å². The van der Waals surface area contributed by atoms with Gasteiger partial charge in [-0.3, -0.25) is 19.2 Å². The van der Waals surface area contributed by atoms with Crippen LogP contribution in [0.2, 0.25) is 0 Å². The first-order valence-electron chi connectivity index (χ1n) is 8.17. The molecular formula is C16H25NO8S. The van der Waals surface area contributed by atoms with E-state index in [1.54, 1.807) is 0 Å². The van der Waals surface area contributed by atoms with Crippen LogP contribution in [0.25, 0.3) is 0 Å². The minimum absolute atomic E-state index is 0.256. The predicted octanol–water partition coefficient (Wildman–Crippen LogP) is 0.396. The van der Waals surface area contributed by atoms with Crippen molar-refractivity contribution >= 4 is 35.6 Å². The maximum atomic E-state index is 11.6. The van der Waals surface area contributed by atoms with Crippen LogP contribution in [0.15, 0.2) is 0 Å². The third kappa shape index (κ3) is 6.83. The molecule has 1 rings (SSSR count). The highest BCUT2D eigenvalue weighted by molar-refractivity contribution is 7.99. The van der Waals surface area contributed by atoms with Crippen LogP contribution in [-0.4, -0.2) is 66.0 Å². The van der Waals surface area contributed by atoms with Crippen molar-refractivity contribution < 1.29 is 38.1 Å². The Morgan fingerprint density at radius 3 is 2.19 bits per heavy atom. The van der Waals surface area contributed by atoms with E-state index in [0.29, 0.717) is 5.75 Å². The molecule has 0 aliphatic carbocycles. The zero-order chi connectivity index (χ0) is 19.9. The van der Waals surface area contributed by atoms with Gasteiger partial charge in [-0.25, -0.2) is 0 Å². The molecule has 0 radical (unpaired) electrons. The van der Waals surface area contributed by atoms with Gasteiger partial charge in [-0.1, -0.05) is 6.92 Å². The van der Waals surface area contributed by atoms with Crippen molar-refractivity contribution in [1.29, 1.82) is 0 Å². The number of amides is 1. The zero-order valence-electron chi connectivity index (χ0n) is 15.5. The summed E-state index contributed by atoms with van der Waals surface area (Å²) in [4.78, 5) is 45.7. The maximum Gasteiger partial charge on any atom is 0.303 e. The molecule has 0 saturated carbocycles. The molecule has 1 heterocycles. The number of nitrogens with one attached hydrogen (secondary N) is 1. The van der Waals surface area contributed by atoms with E-state index in [0.717, 1.165) is 0 Å². The number of carbonyl (C=O) groups excluding carboxylic acids is 4. The molecule has 1 amide bonds. The summed E-state index contributed by atoms with van der Waals surface area (Å²) in [6.07, 6.45) is -2.79. The van der Waals surface area contributed by atoms with Crippen LogP contribution >= 0.6 is 11.8 Å². The fourth-order valence-corrected chi connectivity index (χ4v) is 3.57. The summed E-state index contributed by atoms with van der Waals surface area (Å²) >= 11 is 1.41. The first-order chi connectivity index (χ1) is 12.1. The SMILES string of the molecule is CCS[C@H]1O[C@@H]([C@@H](COC(C)=O)OC(C)=O)[C@@H](OC(C)=O)[C@@H]1NC(C)=O. The summed E-state index contributed by atoms with van der Waals surface area (Å²) in [6.45, 7) is 6.66. The summed E-state index contributed by atoms with van der Waals surface area (Å²) in [7, 11) is 0. The molecule has 0 bridgehead atoms. The van der Waals surface area contributed by atoms with E-state index in [-0.39, 0.29) is 12.5 Å². The van der Waals surface area contributed by atoms with Crippen molar-refractivity contribution in [2.75, 3.05) is 12.4 Å². The van der Waals surface area contributed by atoms with Crippen LogP contribution in [0.3, 0.4) is 0 Å². The minimum Gasteiger partial charge on any atom is -0.462 e. The molecule has 9 nitrogen and oxygen atoms in total. The van der Waals surface area contributed by atoms with Crippen molar-refractivity contribution in [3.8, 4) is 0 Å². The largest absolute Gasteiger partial charge is 0.462 e. The number of hydrogen-bond donors (Lipinski definition) is 1. The van der Waals surface area contributed by atoms with E-state index < -0.39 is 47.7 Å². The molecule has 148 valence electrons. The molecule has 0 aromatic heterocycles. The Labute approximate surface area is 156 Å². The number of esters is 3. The van der Waals surface area contributed by atoms with Gasteiger partial charge in [0.2, 0.25) is 5.91 Å². The molecule has 1 aliphatic heterocycles. The third-order valence-corrected chi connectivity index (χ3v) is 4.47. The van der Waals surface area contributed by atoms with Gasteiger partial charge in [0.05, 0.1) is 0 Å². The van der Waals surface area contributed by atoms with Crippen LogP contribution in [0.5, 0.6) is 0 Å². The summed E-state index contributed by atoms with van der Waals surface area (Å²) < 4.78 is 21.5. The number of thioether (sulfide) groups is 1. The molecule has 10 heteroatoms.